The first-order valence-electron chi connectivity index (χ1n) is 11.0. The van der Waals surface area contributed by atoms with Crippen molar-refractivity contribution in [3.63, 3.8) is 0 Å². The SMILES string of the molecule is CC(NC(=O)c1ccccc1)c1nnc(SCC(=O)Nc2nnc(C3CCCCC3)s2)n1C. The number of hydrogen-bond donors (Lipinski definition) is 2. The third kappa shape index (κ3) is 5.97. The molecule has 9 nitrogen and oxygen atoms in total. The first-order chi connectivity index (χ1) is 16.0. The Bertz CT molecular complexity index is 1090. The van der Waals surface area contributed by atoms with Crippen molar-refractivity contribution in [1.29, 1.82) is 0 Å². The molecule has 1 aromatic carbocycles. The molecule has 2 amide bonds. The second kappa shape index (κ2) is 10.9. The monoisotopic (exact) mass is 485 g/mol. The molecule has 1 aliphatic rings. The Morgan fingerprint density at radius 2 is 1.88 bits per heavy atom. The van der Waals surface area contributed by atoms with Crippen molar-refractivity contribution in [3.05, 3.63) is 46.7 Å². The minimum Gasteiger partial charge on any atom is -0.342 e. The predicted octanol–water partition coefficient (Wildman–Crippen LogP) is 3.94. The van der Waals surface area contributed by atoms with E-state index in [1.807, 2.05) is 32.2 Å². The maximum Gasteiger partial charge on any atom is 0.251 e. The van der Waals surface area contributed by atoms with Gasteiger partial charge in [0, 0.05) is 18.5 Å². The van der Waals surface area contributed by atoms with E-state index in [0.717, 1.165) is 17.8 Å². The summed E-state index contributed by atoms with van der Waals surface area (Å²) < 4.78 is 1.79. The van der Waals surface area contributed by atoms with Gasteiger partial charge in [0.1, 0.15) is 5.01 Å². The second-order valence-electron chi connectivity index (χ2n) is 8.08. The van der Waals surface area contributed by atoms with Crippen molar-refractivity contribution in [3.8, 4) is 0 Å². The third-order valence-corrected chi connectivity index (χ3v) is 7.63. The lowest BCUT2D eigenvalue weighted by molar-refractivity contribution is -0.113. The summed E-state index contributed by atoms with van der Waals surface area (Å²) in [6, 6.07) is 8.69. The van der Waals surface area contributed by atoms with Crippen molar-refractivity contribution >= 4 is 40.0 Å². The highest BCUT2D eigenvalue weighted by atomic mass is 32.2. The maximum atomic E-state index is 12.4. The van der Waals surface area contributed by atoms with E-state index in [1.165, 1.54) is 42.4 Å². The van der Waals surface area contributed by atoms with E-state index in [0.29, 0.717) is 27.6 Å². The molecule has 2 aromatic heterocycles. The molecule has 2 heterocycles. The highest BCUT2D eigenvalue weighted by molar-refractivity contribution is 7.99. The van der Waals surface area contributed by atoms with Crippen molar-refractivity contribution in [1.82, 2.24) is 30.3 Å². The Balaban J connectivity index is 1.29. The number of thioether (sulfide) groups is 1. The lowest BCUT2D eigenvalue weighted by Crippen LogP contribution is -2.28. The van der Waals surface area contributed by atoms with Crippen molar-refractivity contribution < 1.29 is 9.59 Å². The zero-order chi connectivity index (χ0) is 23.2. The lowest BCUT2D eigenvalue weighted by atomic mass is 9.90. The maximum absolute atomic E-state index is 12.4. The minimum absolute atomic E-state index is 0.165. The van der Waals surface area contributed by atoms with Gasteiger partial charge >= 0.3 is 0 Å². The molecule has 1 aliphatic carbocycles. The van der Waals surface area contributed by atoms with Crippen LogP contribution in [0.4, 0.5) is 5.13 Å². The van der Waals surface area contributed by atoms with E-state index in [2.05, 4.69) is 31.0 Å². The van der Waals surface area contributed by atoms with Crippen molar-refractivity contribution in [2.45, 2.75) is 56.1 Å². The molecule has 4 rings (SSSR count). The zero-order valence-electron chi connectivity index (χ0n) is 18.7. The first-order valence-corrected chi connectivity index (χ1v) is 12.8. The Morgan fingerprint density at radius 3 is 2.64 bits per heavy atom. The highest BCUT2D eigenvalue weighted by Crippen LogP contribution is 2.35. The number of hydrogen-bond acceptors (Lipinski definition) is 8. The number of rotatable bonds is 8. The van der Waals surface area contributed by atoms with Crippen LogP contribution in [0.3, 0.4) is 0 Å². The minimum atomic E-state index is -0.335. The number of anilines is 1. The van der Waals surface area contributed by atoms with Gasteiger partial charge in [-0.3, -0.25) is 14.9 Å². The van der Waals surface area contributed by atoms with E-state index in [4.69, 9.17) is 0 Å². The van der Waals surface area contributed by atoms with Gasteiger partial charge in [-0.15, -0.1) is 20.4 Å². The molecule has 1 fully saturated rings. The van der Waals surface area contributed by atoms with Crippen LogP contribution >= 0.6 is 23.1 Å². The van der Waals surface area contributed by atoms with Gasteiger partial charge in [-0.05, 0) is 31.9 Å². The molecular formula is C22H27N7O2S2. The Kier molecular flexibility index (Phi) is 7.71. The third-order valence-electron chi connectivity index (χ3n) is 5.61. The van der Waals surface area contributed by atoms with Crippen molar-refractivity contribution in [2.24, 2.45) is 7.05 Å². The molecular weight excluding hydrogens is 458 g/mol. The van der Waals surface area contributed by atoms with Gasteiger partial charge in [-0.1, -0.05) is 60.6 Å². The highest BCUT2D eigenvalue weighted by Gasteiger charge is 2.21. The molecule has 1 unspecified atom stereocenters. The summed E-state index contributed by atoms with van der Waals surface area (Å²) >= 11 is 2.75. The lowest BCUT2D eigenvalue weighted by Gasteiger charge is -2.18. The van der Waals surface area contributed by atoms with Gasteiger partial charge < -0.3 is 9.88 Å². The normalized spacial score (nSPS) is 15.2. The molecule has 1 saturated carbocycles. The van der Waals surface area contributed by atoms with Crippen LogP contribution in [0.1, 0.15) is 72.2 Å². The van der Waals surface area contributed by atoms with Crippen LogP contribution in [-0.2, 0) is 11.8 Å². The second-order valence-corrected chi connectivity index (χ2v) is 10.0. The van der Waals surface area contributed by atoms with Crippen molar-refractivity contribution in [2.75, 3.05) is 11.1 Å². The first kappa shape index (κ1) is 23.4. The average molecular weight is 486 g/mol. The number of amides is 2. The Labute approximate surface area is 200 Å². The molecule has 2 N–H and O–H groups in total. The molecule has 0 bridgehead atoms. The molecule has 0 saturated heterocycles. The van der Waals surface area contributed by atoms with Gasteiger partial charge in [-0.2, -0.15) is 0 Å². The zero-order valence-corrected chi connectivity index (χ0v) is 20.3. The Hall–Kier alpha value is -2.79. The predicted molar refractivity (Wildman–Crippen MR) is 128 cm³/mol. The van der Waals surface area contributed by atoms with Crippen LogP contribution in [0.5, 0.6) is 0 Å². The van der Waals surface area contributed by atoms with E-state index in [9.17, 15) is 9.59 Å². The van der Waals surface area contributed by atoms with Gasteiger partial charge in [0.2, 0.25) is 11.0 Å². The van der Waals surface area contributed by atoms with E-state index >= 15 is 0 Å². The average Bonchev–Trinajstić information content (AvgIpc) is 3.45. The summed E-state index contributed by atoms with van der Waals surface area (Å²) in [4.78, 5) is 24.8. The smallest absolute Gasteiger partial charge is 0.251 e. The van der Waals surface area contributed by atoms with Crippen LogP contribution in [0.15, 0.2) is 35.5 Å². The van der Waals surface area contributed by atoms with E-state index in [1.54, 1.807) is 16.7 Å². The summed E-state index contributed by atoms with van der Waals surface area (Å²) in [6.45, 7) is 1.85. The van der Waals surface area contributed by atoms with E-state index < -0.39 is 0 Å². The van der Waals surface area contributed by atoms with Gasteiger partial charge in [-0.25, -0.2) is 0 Å². The number of carbonyl (C=O) groups is 2. The summed E-state index contributed by atoms with van der Waals surface area (Å²) in [5, 5.41) is 24.7. The standard InChI is InChI=1S/C22H27N7O2S2/c1-14(23-19(31)15-9-5-3-6-10-15)18-25-28-22(29(18)2)32-13-17(30)24-21-27-26-20(33-21)16-11-7-4-8-12-16/h3,5-6,9-10,14,16H,4,7-8,11-13H2,1-2H3,(H,23,31)(H,24,27,30). The quantitative estimate of drug-likeness (QED) is 0.465. The Morgan fingerprint density at radius 1 is 1.12 bits per heavy atom. The largest absolute Gasteiger partial charge is 0.342 e. The van der Waals surface area contributed by atoms with Gasteiger partial charge in [0.15, 0.2) is 11.0 Å². The summed E-state index contributed by atoms with van der Waals surface area (Å²) in [7, 11) is 1.82. The van der Waals surface area contributed by atoms with Crippen LogP contribution < -0.4 is 10.6 Å². The number of nitrogens with one attached hydrogen (secondary N) is 2. The molecule has 11 heteroatoms. The van der Waals surface area contributed by atoms with Crippen LogP contribution in [0.2, 0.25) is 0 Å². The molecule has 174 valence electrons. The fourth-order valence-electron chi connectivity index (χ4n) is 3.85. The van der Waals surface area contributed by atoms with Gasteiger partial charge in [0.25, 0.3) is 5.91 Å². The fourth-order valence-corrected chi connectivity index (χ4v) is 5.49. The fraction of sp³-hybridized carbons (Fsp3) is 0.455. The number of benzene rings is 1. The van der Waals surface area contributed by atoms with E-state index in [-0.39, 0.29) is 23.6 Å². The molecule has 33 heavy (non-hydrogen) atoms. The molecule has 0 spiro atoms. The summed E-state index contributed by atoms with van der Waals surface area (Å²) in [6.07, 6.45) is 6.06. The number of aromatic nitrogens is 5. The molecule has 3 aromatic rings. The van der Waals surface area contributed by atoms with Gasteiger partial charge in [0.05, 0.1) is 11.8 Å². The van der Waals surface area contributed by atoms with Crippen LogP contribution in [0, 0.1) is 0 Å². The molecule has 0 radical (unpaired) electrons. The number of carbonyl (C=O) groups excluding carboxylic acids is 2. The number of nitrogens with zero attached hydrogens (tertiary/aromatic N) is 5. The van der Waals surface area contributed by atoms with Crippen LogP contribution in [0.25, 0.3) is 0 Å². The summed E-state index contributed by atoms with van der Waals surface area (Å²) in [5.41, 5.74) is 0.584. The topological polar surface area (TPSA) is 115 Å². The summed E-state index contributed by atoms with van der Waals surface area (Å²) in [5.74, 6) is 0.918. The van der Waals surface area contributed by atoms with Crippen LogP contribution in [-0.4, -0.2) is 42.5 Å². The molecule has 1 atom stereocenters. The molecule has 0 aliphatic heterocycles.